The van der Waals surface area contributed by atoms with Gasteiger partial charge >= 0.3 is 0 Å². The zero-order valence-electron chi connectivity index (χ0n) is 12.2. The molecule has 0 spiro atoms. The number of nitrogen functional groups attached to an aromatic ring is 1. The highest BCUT2D eigenvalue weighted by Crippen LogP contribution is 2.29. The van der Waals surface area contributed by atoms with Crippen molar-refractivity contribution in [2.75, 3.05) is 43.2 Å². The molecule has 118 valence electrons. The van der Waals surface area contributed by atoms with E-state index < -0.39 is 9.84 Å². The van der Waals surface area contributed by atoms with Crippen molar-refractivity contribution in [1.82, 2.24) is 0 Å². The fourth-order valence-electron chi connectivity index (χ4n) is 2.53. The Morgan fingerprint density at radius 3 is 2.57 bits per heavy atom. The molecule has 0 radical (unpaired) electrons. The highest BCUT2D eigenvalue weighted by Gasteiger charge is 2.21. The van der Waals surface area contributed by atoms with Gasteiger partial charge < -0.3 is 20.5 Å². The summed E-state index contributed by atoms with van der Waals surface area (Å²) in [6.45, 7) is 2.02. The summed E-state index contributed by atoms with van der Waals surface area (Å²) in [4.78, 5) is 2.38. The van der Waals surface area contributed by atoms with Crippen LogP contribution in [0.4, 0.5) is 11.4 Å². The number of piperidine rings is 1. The van der Waals surface area contributed by atoms with Gasteiger partial charge in [-0.1, -0.05) is 0 Å². The monoisotopic (exact) mass is 314 g/mol. The SMILES string of the molecule is CS(=O)(=O)c1ccc(N2CCC(OCCO)CC2)c(N)c1. The van der Waals surface area contributed by atoms with Crippen molar-refractivity contribution in [3.8, 4) is 0 Å². The van der Waals surface area contributed by atoms with Gasteiger partial charge in [0.05, 0.1) is 35.6 Å². The normalized spacial score (nSPS) is 17.1. The fourth-order valence-corrected chi connectivity index (χ4v) is 3.19. The zero-order chi connectivity index (χ0) is 15.5. The average Bonchev–Trinajstić information content (AvgIpc) is 2.45. The Bertz CT molecular complexity index is 581. The highest BCUT2D eigenvalue weighted by atomic mass is 32.2. The third kappa shape index (κ3) is 4.09. The van der Waals surface area contributed by atoms with Crippen molar-refractivity contribution in [3.63, 3.8) is 0 Å². The zero-order valence-corrected chi connectivity index (χ0v) is 13.0. The molecule has 3 N–H and O–H groups in total. The summed E-state index contributed by atoms with van der Waals surface area (Å²) >= 11 is 0. The van der Waals surface area contributed by atoms with Crippen LogP contribution in [0.2, 0.25) is 0 Å². The van der Waals surface area contributed by atoms with E-state index in [-0.39, 0.29) is 17.6 Å². The van der Waals surface area contributed by atoms with E-state index in [1.54, 1.807) is 12.1 Å². The molecule has 1 heterocycles. The number of aliphatic hydroxyl groups excluding tert-OH is 1. The van der Waals surface area contributed by atoms with Gasteiger partial charge in [-0.2, -0.15) is 0 Å². The minimum atomic E-state index is -3.23. The van der Waals surface area contributed by atoms with Gasteiger partial charge in [0.1, 0.15) is 0 Å². The standard InChI is InChI=1S/C14H22N2O4S/c1-21(18,19)12-2-3-14(13(15)10-12)16-6-4-11(5-7-16)20-9-8-17/h2-3,10-11,17H,4-9,15H2,1H3. The lowest BCUT2D eigenvalue weighted by molar-refractivity contribution is 0.0159. The molecule has 1 aromatic carbocycles. The second-order valence-electron chi connectivity index (χ2n) is 5.27. The highest BCUT2D eigenvalue weighted by molar-refractivity contribution is 7.90. The first kappa shape index (κ1) is 16.1. The van der Waals surface area contributed by atoms with Crippen molar-refractivity contribution in [2.24, 2.45) is 0 Å². The second-order valence-corrected chi connectivity index (χ2v) is 7.29. The fraction of sp³-hybridized carbons (Fsp3) is 0.571. The van der Waals surface area contributed by atoms with Crippen LogP contribution < -0.4 is 10.6 Å². The number of nitrogens with two attached hydrogens (primary N) is 1. The van der Waals surface area contributed by atoms with Crippen LogP contribution in [-0.2, 0) is 14.6 Å². The molecule has 0 bridgehead atoms. The van der Waals surface area contributed by atoms with Gasteiger partial charge in [-0.3, -0.25) is 0 Å². The topological polar surface area (TPSA) is 92.9 Å². The van der Waals surface area contributed by atoms with Gasteiger partial charge in [-0.25, -0.2) is 8.42 Å². The Morgan fingerprint density at radius 1 is 1.38 bits per heavy atom. The predicted octanol–water partition coefficient (Wildman–Crippen LogP) is 0.650. The molecule has 7 heteroatoms. The third-order valence-corrected chi connectivity index (χ3v) is 4.76. The number of ether oxygens (including phenoxy) is 1. The maximum atomic E-state index is 11.5. The van der Waals surface area contributed by atoms with E-state index >= 15 is 0 Å². The molecule has 1 aliphatic heterocycles. The first-order valence-electron chi connectivity index (χ1n) is 6.99. The van der Waals surface area contributed by atoms with E-state index in [4.69, 9.17) is 15.6 Å². The largest absolute Gasteiger partial charge is 0.397 e. The number of sulfone groups is 1. The molecule has 0 aromatic heterocycles. The number of rotatable bonds is 5. The molecule has 21 heavy (non-hydrogen) atoms. The van der Waals surface area contributed by atoms with E-state index in [1.165, 1.54) is 12.3 Å². The summed E-state index contributed by atoms with van der Waals surface area (Å²) in [5, 5.41) is 8.75. The third-order valence-electron chi connectivity index (χ3n) is 3.65. The van der Waals surface area contributed by atoms with Gasteiger partial charge in [0.15, 0.2) is 9.84 Å². The van der Waals surface area contributed by atoms with Crippen LogP contribution in [0.15, 0.2) is 23.1 Å². The molecular weight excluding hydrogens is 292 g/mol. The second kappa shape index (κ2) is 6.64. The Labute approximate surface area is 125 Å². The van der Waals surface area contributed by atoms with Crippen LogP contribution in [0.3, 0.4) is 0 Å². The Hall–Kier alpha value is -1.31. The number of nitrogens with zero attached hydrogens (tertiary/aromatic N) is 1. The molecule has 6 nitrogen and oxygen atoms in total. The molecule has 0 aliphatic carbocycles. The van der Waals surface area contributed by atoms with Crippen LogP contribution in [0.5, 0.6) is 0 Å². The van der Waals surface area contributed by atoms with E-state index in [1.807, 2.05) is 0 Å². The van der Waals surface area contributed by atoms with Crippen molar-refractivity contribution in [2.45, 2.75) is 23.8 Å². The smallest absolute Gasteiger partial charge is 0.175 e. The van der Waals surface area contributed by atoms with Crippen LogP contribution in [0.1, 0.15) is 12.8 Å². The van der Waals surface area contributed by atoms with E-state index in [9.17, 15) is 8.42 Å². The Kier molecular flexibility index (Phi) is 5.08. The number of anilines is 2. The summed E-state index contributed by atoms with van der Waals surface area (Å²) in [5.41, 5.74) is 7.34. The predicted molar refractivity (Wildman–Crippen MR) is 82.2 cm³/mol. The number of aliphatic hydroxyl groups is 1. The summed E-state index contributed by atoms with van der Waals surface area (Å²) in [6, 6.07) is 4.87. The van der Waals surface area contributed by atoms with Crippen molar-refractivity contribution in [3.05, 3.63) is 18.2 Å². The molecule has 0 saturated carbocycles. The first-order chi connectivity index (χ1) is 9.91. The van der Waals surface area contributed by atoms with E-state index in [0.29, 0.717) is 12.3 Å². The van der Waals surface area contributed by atoms with Crippen LogP contribution in [-0.4, -0.2) is 52.2 Å². The quantitative estimate of drug-likeness (QED) is 0.775. The van der Waals surface area contributed by atoms with Crippen LogP contribution in [0.25, 0.3) is 0 Å². The molecule has 1 saturated heterocycles. The van der Waals surface area contributed by atoms with Crippen LogP contribution in [0, 0.1) is 0 Å². The summed E-state index contributed by atoms with van der Waals surface area (Å²) in [7, 11) is -3.23. The molecule has 1 aromatic rings. The molecule has 1 aliphatic rings. The van der Waals surface area contributed by atoms with Crippen molar-refractivity contribution < 1.29 is 18.3 Å². The number of hydrogen-bond donors (Lipinski definition) is 2. The van der Waals surface area contributed by atoms with Gasteiger partial charge in [0, 0.05) is 19.3 Å². The maximum absolute atomic E-state index is 11.5. The summed E-state index contributed by atoms with van der Waals surface area (Å²) in [5.74, 6) is 0. The van der Waals surface area contributed by atoms with E-state index in [0.717, 1.165) is 31.6 Å². The lowest BCUT2D eigenvalue weighted by Crippen LogP contribution is -2.37. The van der Waals surface area contributed by atoms with Gasteiger partial charge in [0.25, 0.3) is 0 Å². The molecular formula is C14H22N2O4S. The Balaban J connectivity index is 2.04. The van der Waals surface area contributed by atoms with Gasteiger partial charge in [0.2, 0.25) is 0 Å². The van der Waals surface area contributed by atoms with Crippen LogP contribution >= 0.6 is 0 Å². The molecule has 0 amide bonds. The number of benzene rings is 1. The van der Waals surface area contributed by atoms with Crippen molar-refractivity contribution >= 4 is 21.2 Å². The Morgan fingerprint density at radius 2 is 2.05 bits per heavy atom. The first-order valence-corrected chi connectivity index (χ1v) is 8.88. The lowest BCUT2D eigenvalue weighted by Gasteiger charge is -2.34. The maximum Gasteiger partial charge on any atom is 0.175 e. The summed E-state index contributed by atoms with van der Waals surface area (Å²) in [6.07, 6.45) is 3.08. The van der Waals surface area contributed by atoms with Gasteiger partial charge in [-0.05, 0) is 31.0 Å². The summed E-state index contributed by atoms with van der Waals surface area (Å²) < 4.78 is 28.5. The molecule has 2 rings (SSSR count). The molecule has 0 unspecified atom stereocenters. The number of hydrogen-bond acceptors (Lipinski definition) is 6. The molecule has 1 fully saturated rings. The van der Waals surface area contributed by atoms with Gasteiger partial charge in [-0.15, -0.1) is 0 Å². The minimum absolute atomic E-state index is 0.0418. The lowest BCUT2D eigenvalue weighted by atomic mass is 10.1. The van der Waals surface area contributed by atoms with Crippen molar-refractivity contribution in [1.29, 1.82) is 0 Å². The molecule has 0 atom stereocenters. The average molecular weight is 314 g/mol. The van der Waals surface area contributed by atoms with E-state index in [2.05, 4.69) is 4.90 Å². The minimum Gasteiger partial charge on any atom is -0.397 e.